The van der Waals surface area contributed by atoms with Crippen LogP contribution in [-0.2, 0) is 6.18 Å². The fourth-order valence-electron chi connectivity index (χ4n) is 6.79. The summed E-state index contributed by atoms with van der Waals surface area (Å²) in [6.45, 7) is 11.6. The quantitative estimate of drug-likeness (QED) is 0.139. The highest BCUT2D eigenvalue weighted by molar-refractivity contribution is 6.42. The van der Waals surface area contributed by atoms with Crippen molar-refractivity contribution in [2.24, 2.45) is 9.98 Å². The van der Waals surface area contributed by atoms with E-state index < -0.39 is 11.7 Å². The van der Waals surface area contributed by atoms with Crippen molar-refractivity contribution in [2.75, 3.05) is 0 Å². The minimum atomic E-state index is -4.67. The van der Waals surface area contributed by atoms with Crippen molar-refractivity contribution in [3.8, 4) is 55.6 Å². The summed E-state index contributed by atoms with van der Waals surface area (Å²) in [5, 5.41) is 0. The summed E-state index contributed by atoms with van der Waals surface area (Å²) in [5.41, 5.74) is 13.1. The third-order valence-electron chi connectivity index (χ3n) is 10.2. The fraction of sp³-hybridized carbons (Fsp3) is 0.137. The Morgan fingerprint density at radius 3 is 1.09 bits per heavy atom. The van der Waals surface area contributed by atoms with Crippen LogP contribution in [-0.4, -0.2) is 11.4 Å². The molecule has 0 aliphatic heterocycles. The number of rotatable bonds is 8. The van der Waals surface area contributed by atoms with Gasteiger partial charge in [0, 0.05) is 16.7 Å². The molecule has 0 amide bonds. The van der Waals surface area contributed by atoms with Crippen molar-refractivity contribution >= 4 is 22.8 Å². The predicted octanol–water partition coefficient (Wildman–Crippen LogP) is 15.2. The van der Waals surface area contributed by atoms with Crippen LogP contribution < -0.4 is 0 Å². The number of aryl methyl sites for hydroxylation is 4. The summed E-state index contributed by atoms with van der Waals surface area (Å²) >= 11 is 0. The molecular weight excluding hydrogens is 698 g/mol. The first kappa shape index (κ1) is 38.0. The van der Waals surface area contributed by atoms with Crippen LogP contribution in [0, 0.1) is 27.7 Å². The molecule has 5 heteroatoms. The van der Waals surface area contributed by atoms with E-state index in [4.69, 9.17) is 9.98 Å². The van der Waals surface area contributed by atoms with Crippen LogP contribution in [0.3, 0.4) is 0 Å². The molecule has 0 N–H and O–H groups in total. The lowest BCUT2D eigenvalue weighted by molar-refractivity contribution is -0.137. The van der Waals surface area contributed by atoms with Gasteiger partial charge in [-0.05, 0) is 105 Å². The van der Waals surface area contributed by atoms with Crippen LogP contribution >= 0.6 is 0 Å². The molecule has 0 bridgehead atoms. The second kappa shape index (κ2) is 15.8. The minimum Gasteiger partial charge on any atom is -0.251 e. The average Bonchev–Trinajstić information content (AvgIpc) is 3.19. The van der Waals surface area contributed by atoms with Gasteiger partial charge in [-0.1, -0.05) is 150 Å². The van der Waals surface area contributed by atoms with Gasteiger partial charge in [0.25, 0.3) is 0 Å². The summed E-state index contributed by atoms with van der Waals surface area (Å²) in [6.07, 6.45) is -4.67. The Hall–Kier alpha value is -6.33. The summed E-state index contributed by atoms with van der Waals surface area (Å²) in [4.78, 5) is 10.1. The lowest BCUT2D eigenvalue weighted by Crippen LogP contribution is -2.10. The maximum atomic E-state index is 15.2. The third-order valence-corrected chi connectivity index (χ3v) is 10.2. The standard InChI is InChI=1S/C51H43F3N2/c1-32-12-20-39(21-13-32)44-30-47(42-26-18-35(4)19-27-42)50(48(31-44)51(52,53)54)56-37(6)36(5)55-49-45(40-22-14-33(2)15-23-40)28-43(38-10-8-7-9-11-38)29-46(49)41-24-16-34(3)17-25-41/h7-31H,1-6H3. The number of hydrogen-bond acceptors (Lipinski definition) is 2. The molecule has 0 saturated heterocycles. The smallest absolute Gasteiger partial charge is 0.251 e. The van der Waals surface area contributed by atoms with E-state index in [9.17, 15) is 0 Å². The van der Waals surface area contributed by atoms with E-state index in [1.807, 2.05) is 93.6 Å². The molecular formula is C51H43F3N2. The summed E-state index contributed by atoms with van der Waals surface area (Å²) < 4.78 is 45.5. The molecule has 0 atom stereocenters. The summed E-state index contributed by atoms with van der Waals surface area (Å²) in [7, 11) is 0. The molecule has 0 aromatic heterocycles. The Balaban J connectivity index is 1.47. The summed E-state index contributed by atoms with van der Waals surface area (Å²) in [6, 6.07) is 49.3. The number of benzene rings is 7. The van der Waals surface area contributed by atoms with Crippen molar-refractivity contribution in [2.45, 2.75) is 47.7 Å². The van der Waals surface area contributed by atoms with E-state index in [2.05, 4.69) is 86.6 Å². The molecule has 2 nitrogen and oxygen atoms in total. The maximum absolute atomic E-state index is 15.2. The zero-order chi connectivity index (χ0) is 39.6. The fourth-order valence-corrected chi connectivity index (χ4v) is 6.79. The molecule has 0 aliphatic carbocycles. The third kappa shape index (κ3) is 8.33. The van der Waals surface area contributed by atoms with Gasteiger partial charge in [0.1, 0.15) is 0 Å². The van der Waals surface area contributed by atoms with Crippen LogP contribution in [0.5, 0.6) is 0 Å². The van der Waals surface area contributed by atoms with Crippen LogP contribution in [0.15, 0.2) is 162 Å². The molecule has 7 aromatic carbocycles. The van der Waals surface area contributed by atoms with Gasteiger partial charge in [0.15, 0.2) is 0 Å². The first-order chi connectivity index (χ1) is 26.8. The molecule has 0 heterocycles. The van der Waals surface area contributed by atoms with E-state index in [1.165, 1.54) is 6.07 Å². The monoisotopic (exact) mass is 740 g/mol. The Morgan fingerprint density at radius 1 is 0.375 bits per heavy atom. The molecule has 56 heavy (non-hydrogen) atoms. The maximum Gasteiger partial charge on any atom is 0.418 e. The van der Waals surface area contributed by atoms with Gasteiger partial charge in [0.05, 0.1) is 28.4 Å². The largest absolute Gasteiger partial charge is 0.418 e. The van der Waals surface area contributed by atoms with Gasteiger partial charge in [-0.25, -0.2) is 0 Å². The topological polar surface area (TPSA) is 24.7 Å². The zero-order valence-corrected chi connectivity index (χ0v) is 32.5. The molecule has 278 valence electrons. The van der Waals surface area contributed by atoms with Gasteiger partial charge >= 0.3 is 6.18 Å². The Kier molecular flexibility index (Phi) is 10.7. The predicted molar refractivity (Wildman–Crippen MR) is 230 cm³/mol. The zero-order valence-electron chi connectivity index (χ0n) is 32.5. The lowest BCUT2D eigenvalue weighted by atomic mass is 9.90. The molecule has 0 unspecified atom stereocenters. The van der Waals surface area contributed by atoms with Gasteiger partial charge in [-0.2, -0.15) is 13.2 Å². The molecule has 0 aliphatic rings. The van der Waals surface area contributed by atoms with E-state index >= 15 is 13.2 Å². The molecule has 7 aromatic rings. The van der Waals surface area contributed by atoms with E-state index in [0.29, 0.717) is 39.4 Å². The molecule has 0 saturated carbocycles. The average molecular weight is 741 g/mol. The van der Waals surface area contributed by atoms with Crippen molar-refractivity contribution in [3.05, 3.63) is 179 Å². The van der Waals surface area contributed by atoms with E-state index in [-0.39, 0.29) is 5.69 Å². The van der Waals surface area contributed by atoms with Crippen LogP contribution in [0.4, 0.5) is 24.5 Å². The van der Waals surface area contributed by atoms with Crippen molar-refractivity contribution in [1.82, 2.24) is 0 Å². The highest BCUT2D eigenvalue weighted by Crippen LogP contribution is 2.46. The highest BCUT2D eigenvalue weighted by Gasteiger charge is 2.36. The highest BCUT2D eigenvalue weighted by atomic mass is 19.4. The number of aliphatic imine (C=N–C) groups is 2. The molecule has 0 fully saturated rings. The molecule has 7 rings (SSSR count). The van der Waals surface area contributed by atoms with Crippen molar-refractivity contribution < 1.29 is 13.2 Å². The van der Waals surface area contributed by atoms with Crippen molar-refractivity contribution in [1.29, 1.82) is 0 Å². The first-order valence-corrected chi connectivity index (χ1v) is 18.7. The number of nitrogens with zero attached hydrogens (tertiary/aromatic N) is 2. The Bertz CT molecular complexity index is 2490. The van der Waals surface area contributed by atoms with Gasteiger partial charge in [0.2, 0.25) is 0 Å². The number of hydrogen-bond donors (Lipinski definition) is 0. The van der Waals surface area contributed by atoms with Gasteiger partial charge < -0.3 is 0 Å². The normalized spacial score (nSPS) is 12.2. The lowest BCUT2D eigenvalue weighted by Gasteiger charge is -2.19. The number of alkyl halides is 3. The van der Waals surface area contributed by atoms with Crippen LogP contribution in [0.1, 0.15) is 41.7 Å². The molecule has 0 radical (unpaired) electrons. The van der Waals surface area contributed by atoms with Crippen molar-refractivity contribution in [3.63, 3.8) is 0 Å². The van der Waals surface area contributed by atoms with Crippen LogP contribution in [0.2, 0.25) is 0 Å². The second-order valence-electron chi connectivity index (χ2n) is 14.6. The van der Waals surface area contributed by atoms with Gasteiger partial charge in [-0.3, -0.25) is 9.98 Å². The minimum absolute atomic E-state index is 0.138. The first-order valence-electron chi connectivity index (χ1n) is 18.7. The van der Waals surface area contributed by atoms with E-state index in [0.717, 1.165) is 55.6 Å². The SMILES string of the molecule is CC(=Nc1c(-c2ccc(C)cc2)cc(-c2ccccc2)cc1-c1ccc(C)cc1)C(C)=Nc1c(-c2ccc(C)cc2)cc(-c2ccc(C)cc2)cc1C(F)(F)F. The Morgan fingerprint density at radius 2 is 0.696 bits per heavy atom. The second-order valence-corrected chi connectivity index (χ2v) is 14.6. The van der Waals surface area contributed by atoms with Crippen LogP contribution in [0.25, 0.3) is 55.6 Å². The Labute approximate surface area is 327 Å². The number of halogens is 3. The molecule has 0 spiro atoms. The summed E-state index contributed by atoms with van der Waals surface area (Å²) in [5.74, 6) is 0. The van der Waals surface area contributed by atoms with E-state index in [1.54, 1.807) is 6.92 Å². The van der Waals surface area contributed by atoms with Gasteiger partial charge in [-0.15, -0.1) is 0 Å².